The zero-order chi connectivity index (χ0) is 26.4. The minimum atomic E-state index is -1.99. The van der Waals surface area contributed by atoms with Gasteiger partial charge in [0.1, 0.15) is 11.5 Å². The maximum absolute atomic E-state index is 13.4. The SMILES string of the molecule is Cc1noc(C)c1Cn1cc(-n2c(O)c(C)n(Cc3cccc(O[Si](C)(C)C(C)(C)C)c3)c2=O)cn1. The number of nitrogens with zero attached hydrogens (tertiary/aromatic N) is 5. The summed E-state index contributed by atoms with van der Waals surface area (Å²) in [5.41, 5.74) is 3.29. The molecule has 1 N–H and O–H groups in total. The average molecular weight is 510 g/mol. The van der Waals surface area contributed by atoms with E-state index in [1.165, 1.54) is 4.57 Å². The van der Waals surface area contributed by atoms with Gasteiger partial charge in [-0.25, -0.2) is 9.36 Å². The molecular weight excluding hydrogens is 474 g/mol. The molecule has 1 aromatic carbocycles. The molecule has 0 spiro atoms. The van der Waals surface area contributed by atoms with E-state index < -0.39 is 8.32 Å². The van der Waals surface area contributed by atoms with Crippen molar-refractivity contribution in [1.29, 1.82) is 0 Å². The average Bonchev–Trinajstić information content (AvgIpc) is 3.43. The Hall–Kier alpha value is -3.53. The summed E-state index contributed by atoms with van der Waals surface area (Å²) in [6, 6.07) is 7.83. The van der Waals surface area contributed by atoms with E-state index in [1.54, 1.807) is 28.6 Å². The molecule has 3 aromatic heterocycles. The van der Waals surface area contributed by atoms with E-state index in [0.717, 1.165) is 28.3 Å². The lowest BCUT2D eigenvalue weighted by molar-refractivity contribution is 0.391. The van der Waals surface area contributed by atoms with Crippen molar-refractivity contribution in [3.63, 3.8) is 0 Å². The van der Waals surface area contributed by atoms with Gasteiger partial charge in [-0.15, -0.1) is 0 Å². The second-order valence-corrected chi connectivity index (χ2v) is 15.5. The van der Waals surface area contributed by atoms with Crippen LogP contribution in [0.2, 0.25) is 18.1 Å². The normalized spacial score (nSPS) is 12.3. The number of aromatic hydroxyl groups is 1. The number of aryl methyl sites for hydroxylation is 2. The largest absolute Gasteiger partial charge is 0.543 e. The summed E-state index contributed by atoms with van der Waals surface area (Å²) in [4.78, 5) is 13.4. The van der Waals surface area contributed by atoms with Crippen molar-refractivity contribution in [2.75, 3.05) is 0 Å². The molecule has 0 fully saturated rings. The highest BCUT2D eigenvalue weighted by molar-refractivity contribution is 6.74. The Kier molecular flexibility index (Phi) is 6.50. The molecule has 0 saturated heterocycles. The first kappa shape index (κ1) is 25.6. The third-order valence-electron chi connectivity index (χ3n) is 7.16. The van der Waals surface area contributed by atoms with E-state index in [4.69, 9.17) is 8.95 Å². The molecule has 4 rings (SSSR count). The number of rotatable bonds is 7. The molecule has 0 bridgehead atoms. The minimum Gasteiger partial charge on any atom is -0.543 e. The molecule has 4 aromatic rings. The molecule has 10 heteroatoms. The van der Waals surface area contributed by atoms with Crippen molar-refractivity contribution in [2.45, 2.75) is 72.8 Å². The van der Waals surface area contributed by atoms with Gasteiger partial charge in [-0.05, 0) is 56.6 Å². The van der Waals surface area contributed by atoms with Gasteiger partial charge in [0.25, 0.3) is 0 Å². The van der Waals surface area contributed by atoms with E-state index in [-0.39, 0.29) is 16.6 Å². The lowest BCUT2D eigenvalue weighted by Gasteiger charge is -2.36. The third-order valence-corrected chi connectivity index (χ3v) is 11.5. The molecule has 36 heavy (non-hydrogen) atoms. The molecule has 0 aliphatic heterocycles. The summed E-state index contributed by atoms with van der Waals surface area (Å²) in [6.07, 6.45) is 3.29. The van der Waals surface area contributed by atoms with Crippen molar-refractivity contribution in [2.24, 2.45) is 0 Å². The predicted octanol–water partition coefficient (Wildman–Crippen LogP) is 4.93. The zero-order valence-electron chi connectivity index (χ0n) is 22.3. The molecule has 0 unspecified atom stereocenters. The van der Waals surface area contributed by atoms with E-state index in [1.807, 2.05) is 38.1 Å². The molecule has 192 valence electrons. The fraction of sp³-hybridized carbons (Fsp3) is 0.423. The highest BCUT2D eigenvalue weighted by Crippen LogP contribution is 2.37. The minimum absolute atomic E-state index is 0.0789. The molecule has 0 radical (unpaired) electrons. The Morgan fingerprint density at radius 2 is 1.86 bits per heavy atom. The van der Waals surface area contributed by atoms with Gasteiger partial charge in [-0.1, -0.05) is 38.1 Å². The summed E-state index contributed by atoms with van der Waals surface area (Å²) in [5, 5.41) is 19.3. The molecule has 0 atom stereocenters. The first-order valence-electron chi connectivity index (χ1n) is 12.0. The summed E-state index contributed by atoms with van der Waals surface area (Å²) in [7, 11) is -1.99. The van der Waals surface area contributed by atoms with Crippen LogP contribution in [0.15, 0.2) is 46.0 Å². The lowest BCUT2D eigenvalue weighted by Crippen LogP contribution is -2.43. The maximum Gasteiger partial charge on any atom is 0.336 e. The predicted molar refractivity (Wildman–Crippen MR) is 141 cm³/mol. The smallest absolute Gasteiger partial charge is 0.336 e. The standard InChI is InChI=1S/C26H35N5O4Si/c1-17-23(19(3)34-28-17)16-29-15-21(13-27-29)31-24(32)18(2)30(25(31)33)14-20-10-9-11-22(12-20)35-36(7,8)26(4,5)6/h9-13,15,32H,14,16H2,1-8H3. The topological polar surface area (TPSA) is 100 Å². The van der Waals surface area contributed by atoms with E-state index >= 15 is 0 Å². The van der Waals surface area contributed by atoms with Crippen LogP contribution in [0.3, 0.4) is 0 Å². The molecule has 9 nitrogen and oxygen atoms in total. The Labute approximate surface area is 212 Å². The highest BCUT2D eigenvalue weighted by Gasteiger charge is 2.39. The van der Waals surface area contributed by atoms with E-state index in [2.05, 4.69) is 44.1 Å². The monoisotopic (exact) mass is 509 g/mol. The van der Waals surface area contributed by atoms with Crippen molar-refractivity contribution >= 4 is 8.32 Å². The van der Waals surface area contributed by atoms with Gasteiger partial charge in [0.2, 0.25) is 14.2 Å². The highest BCUT2D eigenvalue weighted by atomic mass is 28.4. The molecule has 0 aliphatic rings. The van der Waals surface area contributed by atoms with Crippen molar-refractivity contribution in [3.8, 4) is 17.3 Å². The van der Waals surface area contributed by atoms with Crippen LogP contribution in [-0.2, 0) is 13.1 Å². The first-order chi connectivity index (χ1) is 16.8. The maximum atomic E-state index is 13.4. The van der Waals surface area contributed by atoms with Gasteiger partial charge in [0, 0.05) is 11.8 Å². The second kappa shape index (κ2) is 9.16. The Bertz CT molecular complexity index is 1430. The van der Waals surface area contributed by atoms with Crippen LogP contribution in [0, 0.1) is 20.8 Å². The van der Waals surface area contributed by atoms with Gasteiger partial charge in [0.05, 0.1) is 36.4 Å². The molecule has 0 amide bonds. The number of imidazole rings is 1. The Balaban J connectivity index is 1.61. The van der Waals surface area contributed by atoms with Gasteiger partial charge in [-0.3, -0.25) is 9.25 Å². The Morgan fingerprint density at radius 1 is 1.14 bits per heavy atom. The summed E-state index contributed by atoms with van der Waals surface area (Å²) in [6.45, 7) is 17.3. The molecule has 3 heterocycles. The first-order valence-corrected chi connectivity index (χ1v) is 14.9. The van der Waals surface area contributed by atoms with E-state index in [9.17, 15) is 9.90 Å². The number of benzene rings is 1. The van der Waals surface area contributed by atoms with Crippen LogP contribution in [0.25, 0.3) is 5.69 Å². The van der Waals surface area contributed by atoms with Gasteiger partial charge >= 0.3 is 5.69 Å². The quantitative estimate of drug-likeness (QED) is 0.354. The van der Waals surface area contributed by atoms with Crippen molar-refractivity contribution < 1.29 is 14.1 Å². The van der Waals surface area contributed by atoms with Crippen molar-refractivity contribution in [3.05, 3.63) is 75.4 Å². The fourth-order valence-corrected chi connectivity index (χ4v) is 4.86. The van der Waals surface area contributed by atoms with Crippen LogP contribution < -0.4 is 10.1 Å². The van der Waals surface area contributed by atoms with Crippen LogP contribution in [0.4, 0.5) is 0 Å². The molecular formula is C26H35N5O4Si. The summed E-state index contributed by atoms with van der Waals surface area (Å²) >= 11 is 0. The molecule has 0 saturated carbocycles. The van der Waals surface area contributed by atoms with Crippen LogP contribution in [0.5, 0.6) is 11.6 Å². The fourth-order valence-electron chi connectivity index (χ4n) is 3.84. The number of hydrogen-bond donors (Lipinski definition) is 1. The van der Waals surface area contributed by atoms with Crippen LogP contribution in [-0.4, -0.2) is 37.5 Å². The van der Waals surface area contributed by atoms with Gasteiger partial charge < -0.3 is 14.1 Å². The summed E-state index contributed by atoms with van der Waals surface area (Å²) < 4.78 is 16.2. The lowest BCUT2D eigenvalue weighted by atomic mass is 10.2. The van der Waals surface area contributed by atoms with Crippen LogP contribution >= 0.6 is 0 Å². The molecule has 0 aliphatic carbocycles. The third kappa shape index (κ3) is 4.77. The zero-order valence-corrected chi connectivity index (χ0v) is 23.3. The van der Waals surface area contributed by atoms with Crippen LogP contribution in [0.1, 0.15) is 49.0 Å². The number of aromatic nitrogens is 5. The van der Waals surface area contributed by atoms with Gasteiger partial charge in [-0.2, -0.15) is 5.10 Å². The summed E-state index contributed by atoms with van der Waals surface area (Å²) in [5.74, 6) is 1.42. The van der Waals surface area contributed by atoms with Crippen molar-refractivity contribution in [1.82, 2.24) is 24.1 Å². The number of hydrogen-bond acceptors (Lipinski definition) is 6. The van der Waals surface area contributed by atoms with E-state index in [0.29, 0.717) is 24.5 Å². The second-order valence-electron chi connectivity index (χ2n) is 10.8. The van der Waals surface area contributed by atoms with Gasteiger partial charge in [0.15, 0.2) is 0 Å². The Morgan fingerprint density at radius 3 is 2.50 bits per heavy atom.